The summed E-state index contributed by atoms with van der Waals surface area (Å²) in [5.74, 6) is 2.80. The second-order valence-electron chi connectivity index (χ2n) is 8.43. The van der Waals surface area contributed by atoms with E-state index in [0.29, 0.717) is 18.8 Å². The van der Waals surface area contributed by atoms with E-state index in [1.165, 1.54) is 25.7 Å². The molecule has 1 N–H and O–H groups in total. The SMILES string of the molecule is CC.CC1CCC(OCOc2ccc(C(OO)C3CCC(C)CC3)cc2)CC1. The van der Waals surface area contributed by atoms with Crippen LogP contribution in [0.5, 0.6) is 5.75 Å². The molecule has 2 saturated carbocycles. The van der Waals surface area contributed by atoms with Gasteiger partial charge in [0.1, 0.15) is 11.9 Å². The van der Waals surface area contributed by atoms with Crippen LogP contribution in [0, 0.1) is 17.8 Å². The highest BCUT2D eigenvalue weighted by molar-refractivity contribution is 5.29. The van der Waals surface area contributed by atoms with E-state index >= 15 is 0 Å². The Labute approximate surface area is 171 Å². The Balaban J connectivity index is 0.00000136. The van der Waals surface area contributed by atoms with Crippen molar-refractivity contribution in [1.82, 2.24) is 0 Å². The first-order valence-corrected chi connectivity index (χ1v) is 11.3. The fourth-order valence-electron chi connectivity index (χ4n) is 4.36. The van der Waals surface area contributed by atoms with Crippen LogP contribution in [0.3, 0.4) is 0 Å². The van der Waals surface area contributed by atoms with Gasteiger partial charge in [-0.05, 0) is 74.0 Å². The highest BCUT2D eigenvalue weighted by Crippen LogP contribution is 2.38. The number of ether oxygens (including phenoxy) is 2. The predicted molar refractivity (Wildman–Crippen MR) is 113 cm³/mol. The third-order valence-electron chi connectivity index (χ3n) is 6.30. The Bertz CT molecular complexity index is 514. The van der Waals surface area contributed by atoms with Crippen molar-refractivity contribution in [3.8, 4) is 5.75 Å². The Morgan fingerprint density at radius 2 is 1.39 bits per heavy atom. The molecule has 1 aromatic carbocycles. The van der Waals surface area contributed by atoms with Gasteiger partial charge < -0.3 is 9.47 Å². The normalized spacial score (nSPS) is 28.8. The Kier molecular flexibility index (Phi) is 10.3. The van der Waals surface area contributed by atoms with E-state index < -0.39 is 0 Å². The van der Waals surface area contributed by atoms with Crippen molar-refractivity contribution in [3.63, 3.8) is 0 Å². The van der Waals surface area contributed by atoms with E-state index in [1.807, 2.05) is 38.1 Å². The molecule has 2 aliphatic rings. The molecule has 1 unspecified atom stereocenters. The van der Waals surface area contributed by atoms with Crippen LogP contribution in [-0.4, -0.2) is 18.2 Å². The second kappa shape index (κ2) is 12.5. The van der Waals surface area contributed by atoms with Crippen LogP contribution in [0.1, 0.15) is 90.7 Å². The molecule has 0 heterocycles. The number of benzene rings is 1. The summed E-state index contributed by atoms with van der Waals surface area (Å²) in [6.07, 6.45) is 9.52. The number of rotatable bonds is 7. The van der Waals surface area contributed by atoms with Crippen molar-refractivity contribution in [1.29, 1.82) is 0 Å². The zero-order chi connectivity index (χ0) is 20.4. The maximum atomic E-state index is 9.42. The van der Waals surface area contributed by atoms with E-state index in [-0.39, 0.29) is 6.10 Å². The molecule has 0 spiro atoms. The van der Waals surface area contributed by atoms with E-state index in [0.717, 1.165) is 48.8 Å². The van der Waals surface area contributed by atoms with Gasteiger partial charge in [0.25, 0.3) is 0 Å². The van der Waals surface area contributed by atoms with Gasteiger partial charge >= 0.3 is 0 Å². The molecule has 3 rings (SSSR count). The molecule has 1 atom stereocenters. The quantitative estimate of drug-likeness (QED) is 0.308. The van der Waals surface area contributed by atoms with E-state index in [2.05, 4.69) is 13.8 Å². The Morgan fingerprint density at radius 1 is 0.857 bits per heavy atom. The number of hydrogen-bond acceptors (Lipinski definition) is 4. The fraction of sp³-hybridized carbons (Fsp3) is 0.750. The average molecular weight is 393 g/mol. The smallest absolute Gasteiger partial charge is 0.189 e. The molecular formula is C24H40O4. The van der Waals surface area contributed by atoms with Crippen LogP contribution in [0.15, 0.2) is 24.3 Å². The molecule has 4 heteroatoms. The summed E-state index contributed by atoms with van der Waals surface area (Å²) in [6, 6.07) is 7.88. The lowest BCUT2D eigenvalue weighted by Gasteiger charge is -2.31. The van der Waals surface area contributed by atoms with Crippen molar-refractivity contribution < 1.29 is 19.6 Å². The molecule has 2 fully saturated rings. The predicted octanol–water partition coefficient (Wildman–Crippen LogP) is 7.00. The monoisotopic (exact) mass is 392 g/mol. The molecule has 1 aromatic rings. The molecule has 160 valence electrons. The van der Waals surface area contributed by atoms with Gasteiger partial charge in [0.15, 0.2) is 6.79 Å². The average Bonchev–Trinajstić information content (AvgIpc) is 2.74. The van der Waals surface area contributed by atoms with Crippen LogP contribution in [0.25, 0.3) is 0 Å². The second-order valence-corrected chi connectivity index (χ2v) is 8.43. The van der Waals surface area contributed by atoms with Gasteiger partial charge in [0, 0.05) is 0 Å². The zero-order valence-electron chi connectivity index (χ0n) is 18.2. The minimum Gasteiger partial charge on any atom is -0.468 e. The summed E-state index contributed by atoms with van der Waals surface area (Å²) in [5.41, 5.74) is 1.02. The zero-order valence-corrected chi connectivity index (χ0v) is 18.2. The highest BCUT2D eigenvalue weighted by Gasteiger charge is 2.28. The van der Waals surface area contributed by atoms with Crippen molar-refractivity contribution in [2.75, 3.05) is 6.79 Å². The first-order valence-electron chi connectivity index (χ1n) is 11.3. The van der Waals surface area contributed by atoms with Crippen LogP contribution in [0.4, 0.5) is 0 Å². The van der Waals surface area contributed by atoms with Gasteiger partial charge in [-0.3, -0.25) is 5.26 Å². The Hall–Kier alpha value is -1.10. The third kappa shape index (κ3) is 7.06. The molecular weight excluding hydrogens is 352 g/mol. The molecule has 0 aromatic heterocycles. The van der Waals surface area contributed by atoms with Gasteiger partial charge in [-0.25, -0.2) is 4.89 Å². The highest BCUT2D eigenvalue weighted by atomic mass is 17.1. The van der Waals surface area contributed by atoms with Crippen LogP contribution in [-0.2, 0) is 9.62 Å². The summed E-state index contributed by atoms with van der Waals surface area (Å²) >= 11 is 0. The van der Waals surface area contributed by atoms with Crippen molar-refractivity contribution in [2.45, 2.75) is 91.3 Å². The summed E-state index contributed by atoms with van der Waals surface area (Å²) in [4.78, 5) is 4.85. The largest absolute Gasteiger partial charge is 0.468 e. The van der Waals surface area contributed by atoms with Gasteiger partial charge in [-0.1, -0.05) is 52.7 Å². The van der Waals surface area contributed by atoms with Crippen LogP contribution >= 0.6 is 0 Å². The lowest BCUT2D eigenvalue weighted by atomic mass is 9.78. The van der Waals surface area contributed by atoms with Gasteiger partial charge in [0.2, 0.25) is 0 Å². The van der Waals surface area contributed by atoms with Crippen molar-refractivity contribution in [3.05, 3.63) is 29.8 Å². The van der Waals surface area contributed by atoms with Crippen molar-refractivity contribution >= 4 is 0 Å². The van der Waals surface area contributed by atoms with Crippen molar-refractivity contribution in [2.24, 2.45) is 17.8 Å². The lowest BCUT2D eigenvalue weighted by Crippen LogP contribution is -2.22. The first-order chi connectivity index (χ1) is 13.7. The fourth-order valence-corrected chi connectivity index (χ4v) is 4.36. The first kappa shape index (κ1) is 23.2. The molecule has 0 aliphatic heterocycles. The summed E-state index contributed by atoms with van der Waals surface area (Å²) in [6.45, 7) is 8.91. The van der Waals surface area contributed by atoms with E-state index in [1.54, 1.807) is 0 Å². The molecule has 0 amide bonds. The topological polar surface area (TPSA) is 47.9 Å². The maximum Gasteiger partial charge on any atom is 0.189 e. The van der Waals surface area contributed by atoms with Gasteiger partial charge in [-0.15, -0.1) is 0 Å². The molecule has 0 radical (unpaired) electrons. The molecule has 0 bridgehead atoms. The minimum atomic E-state index is -0.239. The Morgan fingerprint density at radius 3 is 1.93 bits per heavy atom. The summed E-state index contributed by atoms with van der Waals surface area (Å²) in [7, 11) is 0. The van der Waals surface area contributed by atoms with Gasteiger partial charge in [-0.2, -0.15) is 0 Å². The van der Waals surface area contributed by atoms with Gasteiger partial charge in [0.05, 0.1) is 6.10 Å². The van der Waals surface area contributed by atoms with E-state index in [4.69, 9.17) is 14.4 Å². The molecule has 0 saturated heterocycles. The third-order valence-corrected chi connectivity index (χ3v) is 6.30. The lowest BCUT2D eigenvalue weighted by molar-refractivity contribution is -0.296. The minimum absolute atomic E-state index is 0.239. The molecule has 28 heavy (non-hydrogen) atoms. The molecule has 4 nitrogen and oxygen atoms in total. The standard InChI is InChI=1S/C22H34O4.C2H6/c1-16-3-7-18(8-4-16)22(26-23)19-9-13-21(14-10-19)25-15-24-20-11-5-17(2)6-12-20;1-2/h9-10,13-14,16-18,20,22-23H,3-8,11-12,15H2,1-2H3;1-2H3. The van der Waals surface area contributed by atoms with Crippen LogP contribution in [0.2, 0.25) is 0 Å². The maximum absolute atomic E-state index is 9.42. The summed E-state index contributed by atoms with van der Waals surface area (Å²) in [5, 5.41) is 9.42. The molecule has 2 aliphatic carbocycles. The summed E-state index contributed by atoms with van der Waals surface area (Å²) < 4.78 is 11.6. The van der Waals surface area contributed by atoms with E-state index in [9.17, 15) is 5.26 Å². The number of hydrogen-bond donors (Lipinski definition) is 1. The van der Waals surface area contributed by atoms with Crippen LogP contribution < -0.4 is 4.74 Å².